The van der Waals surface area contributed by atoms with Gasteiger partial charge in [-0.15, -0.1) is 12.4 Å². The first-order valence-corrected chi connectivity index (χ1v) is 9.00. The van der Waals surface area contributed by atoms with E-state index < -0.39 is 5.82 Å². The summed E-state index contributed by atoms with van der Waals surface area (Å²) in [6, 6.07) is 11.2. The van der Waals surface area contributed by atoms with Crippen LogP contribution >= 0.6 is 24.0 Å². The molecule has 1 fully saturated rings. The third-order valence-corrected chi connectivity index (χ3v) is 4.95. The molecule has 146 valence electrons. The maximum atomic E-state index is 13.2. The van der Waals surface area contributed by atoms with Crippen molar-refractivity contribution in [2.45, 2.75) is 18.9 Å². The molecule has 3 rings (SSSR count). The van der Waals surface area contributed by atoms with Gasteiger partial charge >= 0.3 is 0 Å². The third-order valence-electron chi connectivity index (χ3n) is 4.64. The van der Waals surface area contributed by atoms with Crippen molar-refractivity contribution in [1.82, 2.24) is 4.90 Å². The Morgan fingerprint density at radius 2 is 1.93 bits per heavy atom. The number of carbonyl (C=O) groups excluding carboxylic acids is 1. The number of anilines is 1. The molecular formula is C20H23Cl2FN2O2. The number of likely N-dealkylation sites (tertiary alicyclic amines) is 1. The summed E-state index contributed by atoms with van der Waals surface area (Å²) in [6.45, 7) is 2.04. The lowest BCUT2D eigenvalue weighted by Gasteiger charge is -2.29. The second-order valence-corrected chi connectivity index (χ2v) is 7.01. The highest BCUT2D eigenvalue weighted by Gasteiger charge is 2.20. The van der Waals surface area contributed by atoms with Crippen LogP contribution in [0.1, 0.15) is 23.2 Å². The molecule has 0 aliphatic carbocycles. The molecule has 0 aromatic heterocycles. The molecule has 27 heavy (non-hydrogen) atoms. The molecular weight excluding hydrogens is 390 g/mol. The largest absolute Gasteiger partial charge is 0.490 e. The van der Waals surface area contributed by atoms with Gasteiger partial charge in [-0.2, -0.15) is 0 Å². The lowest BCUT2D eigenvalue weighted by molar-refractivity contribution is 0.0993. The van der Waals surface area contributed by atoms with Crippen LogP contribution in [0.5, 0.6) is 5.75 Å². The maximum Gasteiger partial charge on any atom is 0.259 e. The summed E-state index contributed by atoms with van der Waals surface area (Å²) in [6.07, 6.45) is 2.16. The minimum absolute atomic E-state index is 0. The van der Waals surface area contributed by atoms with Gasteiger partial charge in [0.25, 0.3) is 5.91 Å². The second kappa shape index (κ2) is 9.40. The molecule has 1 heterocycles. The van der Waals surface area contributed by atoms with E-state index in [0.717, 1.165) is 37.7 Å². The van der Waals surface area contributed by atoms with Gasteiger partial charge in [0.1, 0.15) is 17.7 Å². The van der Waals surface area contributed by atoms with E-state index in [9.17, 15) is 9.18 Å². The Hall–Kier alpha value is -1.82. The summed E-state index contributed by atoms with van der Waals surface area (Å²) in [5.74, 6) is -0.0314. The van der Waals surface area contributed by atoms with Gasteiger partial charge in [0.15, 0.2) is 0 Å². The minimum Gasteiger partial charge on any atom is -0.490 e. The van der Waals surface area contributed by atoms with Crippen LogP contribution in [0.25, 0.3) is 0 Å². The molecule has 7 heteroatoms. The quantitative estimate of drug-likeness (QED) is 0.732. The molecule has 0 unspecified atom stereocenters. The summed E-state index contributed by atoms with van der Waals surface area (Å²) in [5.41, 5.74) is 0.957. The number of piperidine rings is 1. The molecule has 0 atom stereocenters. The molecule has 4 nitrogen and oxygen atoms in total. The molecule has 0 radical (unpaired) electrons. The van der Waals surface area contributed by atoms with Gasteiger partial charge in [-0.25, -0.2) is 4.39 Å². The summed E-state index contributed by atoms with van der Waals surface area (Å²) >= 11 is 6.01. The standard InChI is InChI=1S/C20H22ClFN2O2.ClH/c1-23-10-8-16(9-11-23)26-17-5-3-4-15(13-17)24(2)20(25)18-7-6-14(22)12-19(18)21;/h3-7,12-13,16H,8-11H2,1-2H3;1H. The van der Waals surface area contributed by atoms with E-state index in [1.807, 2.05) is 24.3 Å². The Kier molecular flexibility index (Phi) is 7.48. The third kappa shape index (κ3) is 5.34. The Labute approximate surface area is 170 Å². The molecule has 2 aromatic rings. The molecule has 0 spiro atoms. The summed E-state index contributed by atoms with van der Waals surface area (Å²) in [7, 11) is 3.77. The van der Waals surface area contributed by atoms with Crippen LogP contribution in [-0.2, 0) is 0 Å². The first-order chi connectivity index (χ1) is 12.4. The fraction of sp³-hybridized carbons (Fsp3) is 0.350. The Balaban J connectivity index is 0.00000261. The van der Waals surface area contributed by atoms with Gasteiger partial charge in [-0.05, 0) is 50.2 Å². The molecule has 2 aromatic carbocycles. The molecule has 0 bridgehead atoms. The topological polar surface area (TPSA) is 32.8 Å². The van der Waals surface area contributed by atoms with Crippen molar-refractivity contribution in [3.05, 3.63) is 58.9 Å². The predicted octanol–water partition coefficient (Wildman–Crippen LogP) is 4.65. The van der Waals surface area contributed by atoms with Crippen LogP contribution in [0.4, 0.5) is 10.1 Å². The highest BCUT2D eigenvalue weighted by Crippen LogP contribution is 2.26. The smallest absolute Gasteiger partial charge is 0.259 e. The van der Waals surface area contributed by atoms with Crippen molar-refractivity contribution < 1.29 is 13.9 Å². The van der Waals surface area contributed by atoms with E-state index in [0.29, 0.717) is 5.69 Å². The molecule has 1 aliphatic heterocycles. The fourth-order valence-electron chi connectivity index (χ4n) is 3.02. The first-order valence-electron chi connectivity index (χ1n) is 8.62. The molecule has 1 amide bonds. The first kappa shape index (κ1) is 21.5. The van der Waals surface area contributed by atoms with Gasteiger partial charge in [0.05, 0.1) is 10.6 Å². The van der Waals surface area contributed by atoms with E-state index in [4.69, 9.17) is 16.3 Å². The van der Waals surface area contributed by atoms with E-state index in [2.05, 4.69) is 11.9 Å². The minimum atomic E-state index is -0.470. The summed E-state index contributed by atoms with van der Waals surface area (Å²) < 4.78 is 19.3. The van der Waals surface area contributed by atoms with Crippen molar-refractivity contribution >= 4 is 35.6 Å². The number of benzene rings is 2. The highest BCUT2D eigenvalue weighted by molar-refractivity contribution is 6.34. The Bertz CT molecular complexity index is 795. The lowest BCUT2D eigenvalue weighted by atomic mass is 10.1. The van der Waals surface area contributed by atoms with E-state index in [1.165, 1.54) is 17.0 Å². The van der Waals surface area contributed by atoms with Gasteiger partial charge in [-0.1, -0.05) is 17.7 Å². The van der Waals surface area contributed by atoms with Crippen LogP contribution in [-0.4, -0.2) is 44.1 Å². The number of nitrogens with zero attached hydrogens (tertiary/aromatic N) is 2. The van der Waals surface area contributed by atoms with E-state index in [-0.39, 0.29) is 35.0 Å². The molecule has 1 aliphatic rings. The van der Waals surface area contributed by atoms with Crippen LogP contribution in [0, 0.1) is 5.82 Å². The van der Waals surface area contributed by atoms with Gasteiger partial charge < -0.3 is 14.5 Å². The molecule has 1 saturated heterocycles. The van der Waals surface area contributed by atoms with Crippen molar-refractivity contribution in [3.63, 3.8) is 0 Å². The fourth-order valence-corrected chi connectivity index (χ4v) is 3.27. The molecule has 0 N–H and O–H groups in total. The SMILES string of the molecule is CN1CCC(Oc2cccc(N(C)C(=O)c3ccc(F)cc3Cl)c2)CC1.Cl. The van der Waals surface area contributed by atoms with Crippen LogP contribution in [0.15, 0.2) is 42.5 Å². The number of carbonyl (C=O) groups is 1. The number of rotatable bonds is 4. The number of hydrogen-bond acceptors (Lipinski definition) is 3. The van der Waals surface area contributed by atoms with Gasteiger partial charge in [0, 0.05) is 31.9 Å². The van der Waals surface area contributed by atoms with Crippen molar-refractivity contribution in [2.24, 2.45) is 0 Å². The number of amides is 1. The average molecular weight is 413 g/mol. The number of ether oxygens (including phenoxy) is 1. The lowest BCUT2D eigenvalue weighted by Crippen LogP contribution is -2.35. The zero-order valence-corrected chi connectivity index (χ0v) is 16.9. The monoisotopic (exact) mass is 412 g/mol. The van der Waals surface area contributed by atoms with Crippen molar-refractivity contribution in [2.75, 3.05) is 32.1 Å². The van der Waals surface area contributed by atoms with Crippen molar-refractivity contribution in [3.8, 4) is 5.75 Å². The summed E-state index contributed by atoms with van der Waals surface area (Å²) in [5, 5.41) is 0.0978. The maximum absolute atomic E-state index is 13.2. The Morgan fingerprint density at radius 3 is 2.59 bits per heavy atom. The van der Waals surface area contributed by atoms with Crippen molar-refractivity contribution in [1.29, 1.82) is 0 Å². The van der Waals surface area contributed by atoms with Crippen LogP contribution in [0.2, 0.25) is 5.02 Å². The van der Waals surface area contributed by atoms with E-state index >= 15 is 0 Å². The second-order valence-electron chi connectivity index (χ2n) is 6.61. The van der Waals surface area contributed by atoms with Crippen LogP contribution < -0.4 is 9.64 Å². The zero-order valence-electron chi connectivity index (χ0n) is 15.3. The van der Waals surface area contributed by atoms with Gasteiger partial charge in [-0.3, -0.25) is 4.79 Å². The predicted molar refractivity (Wildman–Crippen MR) is 109 cm³/mol. The van der Waals surface area contributed by atoms with Crippen LogP contribution in [0.3, 0.4) is 0 Å². The highest BCUT2D eigenvalue weighted by atomic mass is 35.5. The van der Waals surface area contributed by atoms with Gasteiger partial charge in [0.2, 0.25) is 0 Å². The van der Waals surface area contributed by atoms with E-state index in [1.54, 1.807) is 7.05 Å². The number of halogens is 3. The molecule has 0 saturated carbocycles. The normalized spacial score (nSPS) is 15.1. The average Bonchev–Trinajstić information content (AvgIpc) is 2.63. The Morgan fingerprint density at radius 1 is 1.22 bits per heavy atom. The number of hydrogen-bond donors (Lipinski definition) is 0. The zero-order chi connectivity index (χ0) is 18.7. The summed E-state index contributed by atoms with van der Waals surface area (Å²) in [4.78, 5) is 16.5.